The van der Waals surface area contributed by atoms with Gasteiger partial charge in [0.2, 0.25) is 5.91 Å². The van der Waals surface area contributed by atoms with Gasteiger partial charge in [0.1, 0.15) is 11.2 Å². The topological polar surface area (TPSA) is 96.3 Å². The van der Waals surface area contributed by atoms with Gasteiger partial charge in [-0.2, -0.15) is 5.10 Å². The van der Waals surface area contributed by atoms with E-state index in [1.165, 1.54) is 16.0 Å². The first-order valence-electron chi connectivity index (χ1n) is 10.9. The lowest BCUT2D eigenvalue weighted by Crippen LogP contribution is -2.63. The summed E-state index contributed by atoms with van der Waals surface area (Å²) in [5, 5.41) is 10.5. The first-order valence-corrected chi connectivity index (χ1v) is 10.9. The Labute approximate surface area is 171 Å². The van der Waals surface area contributed by atoms with Gasteiger partial charge in [0.15, 0.2) is 5.69 Å². The molecule has 3 aliphatic rings. The van der Waals surface area contributed by atoms with E-state index in [0.29, 0.717) is 5.69 Å². The van der Waals surface area contributed by atoms with Gasteiger partial charge < -0.3 is 15.5 Å². The minimum absolute atomic E-state index is 0.154. The van der Waals surface area contributed by atoms with Gasteiger partial charge in [-0.15, -0.1) is 0 Å². The van der Waals surface area contributed by atoms with E-state index in [2.05, 4.69) is 15.7 Å². The van der Waals surface area contributed by atoms with Crippen molar-refractivity contribution in [2.75, 3.05) is 7.05 Å². The normalized spacial score (nSPS) is 25.7. The van der Waals surface area contributed by atoms with Crippen LogP contribution in [0.2, 0.25) is 0 Å². The number of carbonyl (C=O) groups is 3. The Morgan fingerprint density at radius 3 is 2.28 bits per heavy atom. The number of hydrogen-bond acceptors (Lipinski definition) is 4. The zero-order valence-electron chi connectivity index (χ0n) is 17.4. The van der Waals surface area contributed by atoms with Crippen LogP contribution in [-0.2, 0) is 11.3 Å². The number of hydrogen-bond donors (Lipinski definition) is 2. The molecule has 0 spiro atoms. The maximum absolute atomic E-state index is 13.1. The summed E-state index contributed by atoms with van der Waals surface area (Å²) >= 11 is 0. The smallest absolute Gasteiger partial charge is 0.272 e. The lowest BCUT2D eigenvalue weighted by atomic mass is 9.92. The molecule has 2 N–H and O–H groups in total. The average molecular weight is 402 g/mol. The van der Waals surface area contributed by atoms with E-state index in [1.54, 1.807) is 20.0 Å². The fourth-order valence-corrected chi connectivity index (χ4v) is 4.76. The second-order valence-corrected chi connectivity index (χ2v) is 8.97. The van der Waals surface area contributed by atoms with Crippen molar-refractivity contribution in [3.8, 4) is 0 Å². The molecule has 2 fully saturated rings. The zero-order valence-corrected chi connectivity index (χ0v) is 17.4. The molecule has 0 saturated heterocycles. The summed E-state index contributed by atoms with van der Waals surface area (Å²) in [6.45, 7) is 2.01. The van der Waals surface area contributed by atoms with Gasteiger partial charge in [0.05, 0.1) is 6.54 Å². The third-order valence-corrected chi connectivity index (χ3v) is 6.85. The third-order valence-electron chi connectivity index (χ3n) is 6.85. The fraction of sp³-hybridized carbons (Fsp3) is 0.714. The number of likely N-dealkylation sites (N-methyl/N-ethyl adjacent to an activating group) is 1. The quantitative estimate of drug-likeness (QED) is 0.805. The standard InChI is InChI=1S/C21H31N5O3/c1-21(20(29)23-15-8-4-3-5-9-15)13-26-17(19(28)25(21)2)12-16(24-26)18(27)22-14-10-6-7-11-14/h12,14-15H,3-11,13H2,1-2H3,(H,22,27)(H,23,29)/t21-/m0/s1. The van der Waals surface area contributed by atoms with Crippen molar-refractivity contribution < 1.29 is 14.4 Å². The van der Waals surface area contributed by atoms with E-state index in [9.17, 15) is 14.4 Å². The molecule has 2 saturated carbocycles. The highest BCUT2D eigenvalue weighted by atomic mass is 16.2. The van der Waals surface area contributed by atoms with Crippen LogP contribution in [0.15, 0.2) is 6.07 Å². The Morgan fingerprint density at radius 2 is 1.62 bits per heavy atom. The SMILES string of the molecule is CN1C(=O)c2cc(C(=O)NC3CCCC3)nn2C[C@@]1(C)C(=O)NC1CCCCC1. The van der Waals surface area contributed by atoms with Gasteiger partial charge in [0.25, 0.3) is 11.8 Å². The zero-order chi connectivity index (χ0) is 20.6. The molecule has 0 aromatic carbocycles. The van der Waals surface area contributed by atoms with E-state index < -0.39 is 5.54 Å². The predicted octanol–water partition coefficient (Wildman–Crippen LogP) is 1.85. The molecule has 1 aromatic heterocycles. The molecule has 2 heterocycles. The van der Waals surface area contributed by atoms with Crippen molar-refractivity contribution in [2.24, 2.45) is 0 Å². The highest BCUT2D eigenvalue weighted by molar-refractivity contribution is 6.01. The molecule has 8 heteroatoms. The van der Waals surface area contributed by atoms with E-state index in [0.717, 1.165) is 51.4 Å². The van der Waals surface area contributed by atoms with Crippen molar-refractivity contribution in [1.29, 1.82) is 0 Å². The second kappa shape index (κ2) is 7.80. The van der Waals surface area contributed by atoms with Crippen molar-refractivity contribution in [1.82, 2.24) is 25.3 Å². The minimum atomic E-state index is -1.03. The highest BCUT2D eigenvalue weighted by Crippen LogP contribution is 2.27. The maximum Gasteiger partial charge on any atom is 0.272 e. The number of aromatic nitrogens is 2. The largest absolute Gasteiger partial charge is 0.351 e. The van der Waals surface area contributed by atoms with Crippen LogP contribution >= 0.6 is 0 Å². The predicted molar refractivity (Wildman–Crippen MR) is 107 cm³/mol. The number of amides is 3. The van der Waals surface area contributed by atoms with Crippen molar-refractivity contribution in [3.05, 3.63) is 17.5 Å². The van der Waals surface area contributed by atoms with Crippen LogP contribution in [0, 0.1) is 0 Å². The first kappa shape index (κ1) is 19.9. The second-order valence-electron chi connectivity index (χ2n) is 8.97. The lowest BCUT2D eigenvalue weighted by molar-refractivity contribution is -0.133. The van der Waals surface area contributed by atoms with Crippen LogP contribution in [0.4, 0.5) is 0 Å². The van der Waals surface area contributed by atoms with Gasteiger partial charge in [-0.25, -0.2) is 0 Å². The Kier molecular flexibility index (Phi) is 5.36. The number of fused-ring (bicyclic) bond motifs is 1. The number of carbonyl (C=O) groups excluding carboxylic acids is 3. The lowest BCUT2D eigenvalue weighted by Gasteiger charge is -2.41. The van der Waals surface area contributed by atoms with Crippen LogP contribution in [0.25, 0.3) is 0 Å². The summed E-state index contributed by atoms with van der Waals surface area (Å²) in [4.78, 5) is 40.1. The van der Waals surface area contributed by atoms with Gasteiger partial charge in [-0.05, 0) is 32.6 Å². The number of nitrogens with zero attached hydrogens (tertiary/aromatic N) is 3. The summed E-state index contributed by atoms with van der Waals surface area (Å²) in [5.41, 5.74) is -0.440. The van der Waals surface area contributed by atoms with Crippen LogP contribution in [0.5, 0.6) is 0 Å². The molecule has 4 rings (SSSR count). The van der Waals surface area contributed by atoms with Gasteiger partial charge in [-0.3, -0.25) is 19.1 Å². The van der Waals surface area contributed by atoms with Gasteiger partial charge in [0, 0.05) is 25.2 Å². The monoisotopic (exact) mass is 401 g/mol. The molecule has 0 bridgehead atoms. The maximum atomic E-state index is 13.1. The molecule has 1 atom stereocenters. The van der Waals surface area contributed by atoms with Crippen LogP contribution < -0.4 is 10.6 Å². The number of nitrogens with one attached hydrogen (secondary N) is 2. The third kappa shape index (κ3) is 3.76. The summed E-state index contributed by atoms with van der Waals surface area (Å²) in [6.07, 6.45) is 9.66. The van der Waals surface area contributed by atoms with E-state index >= 15 is 0 Å². The Balaban J connectivity index is 1.51. The Hall–Kier alpha value is -2.38. The first-order chi connectivity index (χ1) is 13.9. The van der Waals surface area contributed by atoms with Gasteiger partial charge in [-0.1, -0.05) is 32.1 Å². The molecule has 158 valence electrons. The molecule has 2 aliphatic carbocycles. The van der Waals surface area contributed by atoms with E-state index in [1.807, 2.05) is 0 Å². The molecule has 1 aromatic rings. The molecule has 3 amide bonds. The number of rotatable bonds is 4. The Bertz CT molecular complexity index is 807. The molecule has 8 nitrogen and oxygen atoms in total. The molecular formula is C21H31N5O3. The Morgan fingerprint density at radius 1 is 1.03 bits per heavy atom. The van der Waals surface area contributed by atoms with E-state index in [4.69, 9.17) is 0 Å². The van der Waals surface area contributed by atoms with Crippen molar-refractivity contribution in [2.45, 2.75) is 88.9 Å². The summed E-state index contributed by atoms with van der Waals surface area (Å²) in [5.74, 6) is -0.689. The molecule has 0 unspecified atom stereocenters. The summed E-state index contributed by atoms with van der Waals surface area (Å²) in [6, 6.07) is 1.90. The molecule has 0 radical (unpaired) electrons. The minimum Gasteiger partial charge on any atom is -0.351 e. The van der Waals surface area contributed by atoms with Crippen molar-refractivity contribution >= 4 is 17.7 Å². The summed E-state index contributed by atoms with van der Waals surface area (Å²) in [7, 11) is 1.65. The average Bonchev–Trinajstić information content (AvgIpc) is 3.37. The highest BCUT2D eigenvalue weighted by Gasteiger charge is 2.46. The molecular weight excluding hydrogens is 370 g/mol. The molecule has 1 aliphatic heterocycles. The summed E-state index contributed by atoms with van der Waals surface area (Å²) < 4.78 is 1.52. The van der Waals surface area contributed by atoms with Crippen LogP contribution in [-0.4, -0.2) is 57.1 Å². The van der Waals surface area contributed by atoms with Crippen LogP contribution in [0.3, 0.4) is 0 Å². The van der Waals surface area contributed by atoms with Gasteiger partial charge >= 0.3 is 0 Å². The molecule has 29 heavy (non-hydrogen) atoms. The van der Waals surface area contributed by atoms with Crippen molar-refractivity contribution in [3.63, 3.8) is 0 Å². The van der Waals surface area contributed by atoms with Crippen LogP contribution in [0.1, 0.15) is 85.7 Å². The fourth-order valence-electron chi connectivity index (χ4n) is 4.76. The van der Waals surface area contributed by atoms with E-state index in [-0.39, 0.29) is 42.0 Å².